The van der Waals surface area contributed by atoms with Crippen molar-refractivity contribution in [2.24, 2.45) is 7.05 Å². The molecule has 226 valence electrons. The van der Waals surface area contributed by atoms with Gasteiger partial charge in [0, 0.05) is 48.6 Å². The number of carboxylic acids is 1. The summed E-state index contributed by atoms with van der Waals surface area (Å²) in [6, 6.07) is 8.26. The van der Waals surface area contributed by atoms with Crippen molar-refractivity contribution >= 4 is 17.8 Å². The lowest BCUT2D eigenvalue weighted by atomic mass is 9.93. The maximum absolute atomic E-state index is 14.9. The fourth-order valence-electron chi connectivity index (χ4n) is 4.95. The van der Waals surface area contributed by atoms with E-state index in [2.05, 4.69) is 11.8 Å². The number of nitrogens with zero attached hydrogens (tertiary/aromatic N) is 2. The molecule has 1 saturated heterocycles. The number of ether oxygens (including phenoxy) is 2. The van der Waals surface area contributed by atoms with Crippen molar-refractivity contribution in [3.05, 3.63) is 82.2 Å². The van der Waals surface area contributed by atoms with E-state index in [1.54, 1.807) is 29.2 Å². The number of carbonyl (C=O) groups is 3. The molecule has 0 bridgehead atoms. The Labute approximate surface area is 249 Å². The Bertz CT molecular complexity index is 1600. The Morgan fingerprint density at radius 2 is 1.63 bits per heavy atom. The first-order valence-electron chi connectivity index (χ1n) is 13.9. The Morgan fingerprint density at radius 3 is 2.23 bits per heavy atom. The summed E-state index contributed by atoms with van der Waals surface area (Å²) in [7, 11) is 1.48. The van der Waals surface area contributed by atoms with Crippen LogP contribution in [0.15, 0.2) is 42.6 Å². The predicted molar refractivity (Wildman–Crippen MR) is 156 cm³/mol. The van der Waals surface area contributed by atoms with Gasteiger partial charge in [-0.1, -0.05) is 11.8 Å². The van der Waals surface area contributed by atoms with E-state index in [0.29, 0.717) is 31.5 Å². The molecule has 0 aliphatic carbocycles. The van der Waals surface area contributed by atoms with Crippen molar-refractivity contribution in [3.63, 3.8) is 0 Å². The van der Waals surface area contributed by atoms with Crippen molar-refractivity contribution in [3.8, 4) is 23.0 Å². The summed E-state index contributed by atoms with van der Waals surface area (Å²) in [5.41, 5.74) is -0.596. The molecule has 8 nitrogen and oxygen atoms in total. The Morgan fingerprint density at radius 1 is 1.00 bits per heavy atom. The third-order valence-corrected chi connectivity index (χ3v) is 7.09. The molecule has 43 heavy (non-hydrogen) atoms. The number of rotatable bonds is 6. The van der Waals surface area contributed by atoms with Crippen LogP contribution in [0.3, 0.4) is 0 Å². The minimum Gasteiger partial charge on any atom is -0.478 e. The first kappa shape index (κ1) is 31.4. The number of amides is 1. The number of hydrogen-bond acceptors (Lipinski definition) is 5. The molecule has 2 heterocycles. The molecule has 4 rings (SSSR count). The van der Waals surface area contributed by atoms with Gasteiger partial charge in [0.25, 0.3) is 0 Å². The molecule has 1 aliphatic heterocycles. The number of aromatic nitrogens is 1. The molecule has 1 fully saturated rings. The molecular formula is C33H34F2N2O6. The Kier molecular flexibility index (Phi) is 9.36. The third kappa shape index (κ3) is 7.30. The normalized spacial score (nSPS) is 13.8. The molecule has 0 atom stereocenters. The molecule has 0 unspecified atom stereocenters. The van der Waals surface area contributed by atoms with Gasteiger partial charge in [0.1, 0.15) is 23.8 Å². The number of aryl methyl sites for hydroxylation is 1. The van der Waals surface area contributed by atoms with Gasteiger partial charge >= 0.3 is 12.1 Å². The zero-order valence-corrected chi connectivity index (χ0v) is 24.8. The van der Waals surface area contributed by atoms with Crippen molar-refractivity contribution in [1.82, 2.24) is 9.47 Å². The van der Waals surface area contributed by atoms with Gasteiger partial charge < -0.3 is 24.0 Å². The minimum absolute atomic E-state index is 0.0188. The summed E-state index contributed by atoms with van der Waals surface area (Å²) in [5, 5.41) is 9.77. The number of piperidine rings is 1. The van der Waals surface area contributed by atoms with Crippen molar-refractivity contribution < 1.29 is 37.7 Å². The SMILES string of the molecule is Cc1c(F)ccc(F)c1-c1c(C(=O)O)cn(C)c1C(=O)c1ccc(C#CCOC2CCN(C(=O)OC(C)(C)C)CC2)cc1. The van der Waals surface area contributed by atoms with Gasteiger partial charge in [-0.15, -0.1) is 0 Å². The second-order valence-corrected chi connectivity index (χ2v) is 11.4. The van der Waals surface area contributed by atoms with Crippen molar-refractivity contribution in [2.75, 3.05) is 19.7 Å². The number of likely N-dealkylation sites (tertiary alicyclic amines) is 1. The van der Waals surface area contributed by atoms with Gasteiger partial charge in [0.05, 0.1) is 17.4 Å². The van der Waals surface area contributed by atoms with E-state index in [4.69, 9.17) is 9.47 Å². The minimum atomic E-state index is -1.37. The third-order valence-electron chi connectivity index (χ3n) is 7.09. The van der Waals surface area contributed by atoms with Crippen LogP contribution in [0.4, 0.5) is 13.6 Å². The maximum Gasteiger partial charge on any atom is 0.410 e. The van der Waals surface area contributed by atoms with Gasteiger partial charge in [-0.25, -0.2) is 18.4 Å². The van der Waals surface area contributed by atoms with Crippen LogP contribution in [0.2, 0.25) is 0 Å². The first-order valence-corrected chi connectivity index (χ1v) is 13.9. The average Bonchev–Trinajstić information content (AvgIpc) is 3.29. The Balaban J connectivity index is 1.43. The van der Waals surface area contributed by atoms with Crippen LogP contribution in [0, 0.1) is 30.4 Å². The highest BCUT2D eigenvalue weighted by atomic mass is 19.1. The van der Waals surface area contributed by atoms with Gasteiger partial charge in [0.2, 0.25) is 5.78 Å². The highest BCUT2D eigenvalue weighted by molar-refractivity contribution is 6.15. The molecule has 0 spiro atoms. The van der Waals surface area contributed by atoms with E-state index in [1.807, 2.05) is 20.8 Å². The quantitative estimate of drug-likeness (QED) is 0.280. The largest absolute Gasteiger partial charge is 0.478 e. The molecule has 0 radical (unpaired) electrons. The first-order chi connectivity index (χ1) is 20.3. The predicted octanol–water partition coefficient (Wildman–Crippen LogP) is 5.98. The Hall–Kier alpha value is -4.49. The molecule has 1 N–H and O–H groups in total. The summed E-state index contributed by atoms with van der Waals surface area (Å²) in [6.07, 6.45) is 2.24. The van der Waals surface area contributed by atoms with Crippen LogP contribution in [0.5, 0.6) is 0 Å². The maximum atomic E-state index is 14.9. The number of carboxylic acid groups (broad SMARTS) is 1. The summed E-state index contributed by atoms with van der Waals surface area (Å²) in [5.74, 6) is 2.49. The molecule has 1 aliphatic rings. The number of ketones is 1. The second kappa shape index (κ2) is 12.8. The van der Waals surface area contributed by atoms with Crippen LogP contribution < -0.4 is 0 Å². The summed E-state index contributed by atoms with van der Waals surface area (Å²) in [6.45, 7) is 8.12. The molecule has 3 aromatic rings. The standard InChI is InChI=1S/C33H34F2N2O6/c1-20-25(34)12-13-26(35)27(20)28-24(31(39)40)19-36(5)29(28)30(38)22-10-8-21(9-11-22)7-6-18-42-23-14-16-37(17-15-23)32(41)43-33(2,3)4/h8-13,19,23H,14-18H2,1-5H3,(H,39,40). The summed E-state index contributed by atoms with van der Waals surface area (Å²) >= 11 is 0. The lowest BCUT2D eigenvalue weighted by molar-refractivity contribution is -0.00377. The molecule has 0 saturated carbocycles. The number of hydrogen-bond donors (Lipinski definition) is 1. The lowest BCUT2D eigenvalue weighted by Gasteiger charge is -2.33. The lowest BCUT2D eigenvalue weighted by Crippen LogP contribution is -2.43. The molecule has 1 aromatic heterocycles. The van der Waals surface area contributed by atoms with E-state index < -0.39 is 29.0 Å². The van der Waals surface area contributed by atoms with Crippen LogP contribution >= 0.6 is 0 Å². The zero-order chi connectivity index (χ0) is 31.5. The summed E-state index contributed by atoms with van der Waals surface area (Å²) in [4.78, 5) is 39.5. The molecule has 2 aromatic carbocycles. The summed E-state index contributed by atoms with van der Waals surface area (Å²) < 4.78 is 41.9. The number of benzene rings is 2. The van der Waals surface area contributed by atoms with Gasteiger partial charge in [-0.05, 0) is 82.5 Å². The fraction of sp³-hybridized carbons (Fsp3) is 0.364. The van der Waals surface area contributed by atoms with Crippen LogP contribution in [-0.4, -0.2) is 63.8 Å². The van der Waals surface area contributed by atoms with Gasteiger partial charge in [-0.3, -0.25) is 4.79 Å². The second-order valence-electron chi connectivity index (χ2n) is 11.4. The molecule has 1 amide bonds. The smallest absolute Gasteiger partial charge is 0.410 e. The van der Waals surface area contributed by atoms with Crippen molar-refractivity contribution in [2.45, 2.75) is 52.2 Å². The highest BCUT2D eigenvalue weighted by Crippen LogP contribution is 2.36. The topological polar surface area (TPSA) is 98.1 Å². The van der Waals surface area contributed by atoms with E-state index >= 15 is 0 Å². The zero-order valence-electron chi connectivity index (χ0n) is 24.8. The average molecular weight is 593 g/mol. The van der Waals surface area contributed by atoms with Crippen LogP contribution in [-0.2, 0) is 16.5 Å². The highest BCUT2D eigenvalue weighted by Gasteiger charge is 2.30. The number of halogens is 2. The molecular weight excluding hydrogens is 558 g/mol. The van der Waals surface area contributed by atoms with E-state index in [-0.39, 0.29) is 52.3 Å². The molecule has 10 heteroatoms. The van der Waals surface area contributed by atoms with Crippen molar-refractivity contribution in [1.29, 1.82) is 0 Å². The van der Waals surface area contributed by atoms with E-state index in [9.17, 15) is 28.3 Å². The number of aromatic carboxylic acids is 1. The number of carbonyl (C=O) groups excluding carboxylic acids is 2. The fourth-order valence-corrected chi connectivity index (χ4v) is 4.95. The van der Waals surface area contributed by atoms with Gasteiger partial charge in [0.15, 0.2) is 0 Å². The van der Waals surface area contributed by atoms with Crippen LogP contribution in [0.25, 0.3) is 11.1 Å². The van der Waals surface area contributed by atoms with Crippen LogP contribution in [0.1, 0.15) is 71.1 Å². The van der Waals surface area contributed by atoms with Gasteiger partial charge in [-0.2, -0.15) is 0 Å². The van der Waals surface area contributed by atoms with E-state index in [0.717, 1.165) is 12.1 Å². The monoisotopic (exact) mass is 592 g/mol. The van der Waals surface area contributed by atoms with E-state index in [1.165, 1.54) is 24.7 Å².